The lowest BCUT2D eigenvalue weighted by molar-refractivity contribution is -0.166. The van der Waals surface area contributed by atoms with Gasteiger partial charge in [-0.15, -0.1) is 0 Å². The van der Waals surface area contributed by atoms with Gasteiger partial charge in [0.1, 0.15) is 0 Å². The number of hydrazine groups is 2. The van der Waals surface area contributed by atoms with Crippen LogP contribution in [0.25, 0.3) is 0 Å². The van der Waals surface area contributed by atoms with Gasteiger partial charge in [0, 0.05) is 13.2 Å². The van der Waals surface area contributed by atoms with Crippen molar-refractivity contribution in [2.75, 3.05) is 13.2 Å². The second-order valence-electron chi connectivity index (χ2n) is 8.56. The normalized spacial score (nSPS) is 18.5. The van der Waals surface area contributed by atoms with Crippen molar-refractivity contribution in [3.8, 4) is 0 Å². The first-order valence-electron chi connectivity index (χ1n) is 11.1. The molecule has 12 heteroatoms. The van der Waals surface area contributed by atoms with Gasteiger partial charge in [0.15, 0.2) is 0 Å². The Bertz CT molecular complexity index is 892. The highest BCUT2D eigenvalue weighted by Gasteiger charge is 2.66. The zero-order valence-corrected chi connectivity index (χ0v) is 18.7. The molecule has 2 fully saturated rings. The van der Waals surface area contributed by atoms with E-state index in [1.54, 1.807) is 24.3 Å². The summed E-state index contributed by atoms with van der Waals surface area (Å²) in [5, 5.41) is 0. The van der Waals surface area contributed by atoms with Crippen molar-refractivity contribution in [1.29, 1.82) is 0 Å². The molecule has 0 unspecified atom stereocenters. The number of halogens is 6. The van der Waals surface area contributed by atoms with E-state index in [1.807, 2.05) is 0 Å². The molecule has 0 bridgehead atoms. The molecule has 4 N–H and O–H groups in total. The fraction of sp³-hybridized carbons (Fsp3) is 0.478. The summed E-state index contributed by atoms with van der Waals surface area (Å²) < 4.78 is 89.5. The lowest BCUT2D eigenvalue weighted by Crippen LogP contribution is -2.34. The molecule has 0 saturated carbocycles. The molecule has 2 aliphatic rings. The average Bonchev–Trinajstić information content (AvgIpc) is 3.71. The Morgan fingerprint density at radius 1 is 0.543 bits per heavy atom. The first-order valence-corrected chi connectivity index (χ1v) is 11.1. The molecule has 0 atom stereocenters. The average molecular weight is 504 g/mol. The van der Waals surface area contributed by atoms with Crippen molar-refractivity contribution < 1.29 is 35.8 Å². The maximum Gasteiger partial charge on any atom is 0.426 e. The molecule has 2 aliphatic heterocycles. The molecule has 2 aromatic rings. The highest BCUT2D eigenvalue weighted by atomic mass is 19.4. The third-order valence-electron chi connectivity index (χ3n) is 5.99. The van der Waals surface area contributed by atoms with Crippen LogP contribution in [0.15, 0.2) is 48.5 Å². The predicted octanol–water partition coefficient (Wildman–Crippen LogP) is 4.24. The number of benzene rings is 2. The fourth-order valence-corrected chi connectivity index (χ4v) is 3.69. The molecule has 0 radical (unpaired) electrons. The second-order valence-corrected chi connectivity index (χ2v) is 8.56. The zero-order valence-electron chi connectivity index (χ0n) is 18.7. The molecule has 192 valence electrons. The van der Waals surface area contributed by atoms with Crippen molar-refractivity contribution in [3.63, 3.8) is 0 Å². The zero-order chi connectivity index (χ0) is 25.2. The maximum absolute atomic E-state index is 13.1. The van der Waals surface area contributed by atoms with E-state index in [0.29, 0.717) is 26.4 Å². The summed E-state index contributed by atoms with van der Waals surface area (Å²) >= 11 is 0. The Hall–Kier alpha value is -2.22. The molecule has 2 saturated heterocycles. The molecule has 35 heavy (non-hydrogen) atoms. The van der Waals surface area contributed by atoms with E-state index in [4.69, 9.17) is 9.47 Å². The van der Waals surface area contributed by atoms with Crippen LogP contribution in [0.5, 0.6) is 0 Å². The van der Waals surface area contributed by atoms with E-state index >= 15 is 0 Å². The maximum atomic E-state index is 13.1. The molecule has 0 spiro atoms. The van der Waals surface area contributed by atoms with Crippen LogP contribution < -0.4 is 21.7 Å². The highest BCUT2D eigenvalue weighted by Crippen LogP contribution is 2.43. The van der Waals surface area contributed by atoms with Crippen LogP contribution in [0.1, 0.15) is 41.5 Å². The number of alkyl halides is 6. The van der Waals surface area contributed by atoms with Crippen molar-refractivity contribution in [2.45, 2.75) is 56.2 Å². The number of hydrogen-bond acceptors (Lipinski definition) is 6. The van der Waals surface area contributed by atoms with Gasteiger partial charge < -0.3 is 9.47 Å². The molecule has 4 rings (SSSR count). The van der Waals surface area contributed by atoms with E-state index in [9.17, 15) is 26.3 Å². The van der Waals surface area contributed by atoms with Gasteiger partial charge in [0.2, 0.25) is 11.3 Å². The first-order chi connectivity index (χ1) is 16.6. The second kappa shape index (κ2) is 10.0. The summed E-state index contributed by atoms with van der Waals surface area (Å²) in [6.45, 7) is 1.66. The largest absolute Gasteiger partial charge is 0.426 e. The quantitative estimate of drug-likeness (QED) is 0.196. The van der Waals surface area contributed by atoms with Gasteiger partial charge in [-0.3, -0.25) is 0 Å². The van der Waals surface area contributed by atoms with Crippen molar-refractivity contribution >= 4 is 0 Å². The fourth-order valence-electron chi connectivity index (χ4n) is 3.69. The Morgan fingerprint density at radius 3 is 1.17 bits per heavy atom. The molecule has 2 heterocycles. The van der Waals surface area contributed by atoms with Gasteiger partial charge in [-0.1, -0.05) is 48.5 Å². The van der Waals surface area contributed by atoms with Crippen molar-refractivity contribution in [3.05, 3.63) is 70.8 Å². The summed E-state index contributed by atoms with van der Waals surface area (Å²) in [6, 6.07) is 12.2. The smallest absolute Gasteiger partial charge is 0.377 e. The number of hydrogen-bond donors (Lipinski definition) is 4. The van der Waals surface area contributed by atoms with Gasteiger partial charge in [-0.05, 0) is 41.5 Å². The topological polar surface area (TPSA) is 106 Å². The SMILES string of the molecule is FC(F)(F)C1(c2ccc(COCCCCCOCc3ccc(C4(C(F)(F)F)NN4)cc3)cc2)NN1. The number of nitrogens with one attached hydrogen (secondary N) is 4. The van der Waals surface area contributed by atoms with Crippen LogP contribution in [-0.2, 0) is 34.0 Å². The minimum Gasteiger partial charge on any atom is -0.377 e. The van der Waals surface area contributed by atoms with E-state index in [-0.39, 0.29) is 11.1 Å². The van der Waals surface area contributed by atoms with Gasteiger partial charge in [0.05, 0.1) is 13.2 Å². The first kappa shape index (κ1) is 25.9. The summed E-state index contributed by atoms with van der Waals surface area (Å²) in [5.74, 6) is 0. The van der Waals surface area contributed by atoms with E-state index in [2.05, 4.69) is 21.7 Å². The van der Waals surface area contributed by atoms with Gasteiger partial charge in [-0.2, -0.15) is 26.3 Å². The lowest BCUT2D eigenvalue weighted by atomic mass is 10.0. The van der Waals surface area contributed by atoms with Gasteiger partial charge >= 0.3 is 12.4 Å². The Morgan fingerprint density at radius 2 is 0.886 bits per heavy atom. The molecule has 0 aromatic heterocycles. The van der Waals surface area contributed by atoms with E-state index in [1.165, 1.54) is 24.3 Å². The minimum absolute atomic E-state index is 0.104. The molecular formula is C23H26F6N4O2. The van der Waals surface area contributed by atoms with Crippen molar-refractivity contribution in [2.24, 2.45) is 0 Å². The van der Waals surface area contributed by atoms with Crippen LogP contribution in [-0.4, -0.2) is 25.6 Å². The van der Waals surface area contributed by atoms with Crippen LogP contribution in [0.2, 0.25) is 0 Å². The monoisotopic (exact) mass is 504 g/mol. The summed E-state index contributed by atoms with van der Waals surface area (Å²) in [4.78, 5) is 0. The molecule has 0 aliphatic carbocycles. The van der Waals surface area contributed by atoms with E-state index < -0.39 is 23.7 Å². The molecular weight excluding hydrogens is 478 g/mol. The number of unbranched alkanes of at least 4 members (excludes halogenated alkanes) is 2. The van der Waals surface area contributed by atoms with Crippen LogP contribution in [0.3, 0.4) is 0 Å². The lowest BCUT2D eigenvalue weighted by Gasteiger charge is -2.16. The highest BCUT2D eigenvalue weighted by molar-refractivity contribution is 5.33. The Labute approximate surface area is 198 Å². The summed E-state index contributed by atoms with van der Waals surface area (Å²) in [7, 11) is 0. The van der Waals surface area contributed by atoms with Crippen LogP contribution >= 0.6 is 0 Å². The van der Waals surface area contributed by atoms with Crippen LogP contribution in [0, 0.1) is 0 Å². The molecule has 0 amide bonds. The van der Waals surface area contributed by atoms with Crippen molar-refractivity contribution in [1.82, 2.24) is 21.7 Å². The third-order valence-corrected chi connectivity index (χ3v) is 5.99. The summed E-state index contributed by atoms with van der Waals surface area (Å²) in [5.41, 5.74) is 6.16. The third kappa shape index (κ3) is 5.79. The van der Waals surface area contributed by atoms with Crippen LogP contribution in [0.4, 0.5) is 26.3 Å². The summed E-state index contributed by atoms with van der Waals surface area (Å²) in [6.07, 6.45) is -6.37. The molecule has 6 nitrogen and oxygen atoms in total. The number of rotatable bonds is 12. The van der Waals surface area contributed by atoms with E-state index in [0.717, 1.165) is 30.4 Å². The van der Waals surface area contributed by atoms with Gasteiger partial charge in [0.25, 0.3) is 0 Å². The Kier molecular flexibility index (Phi) is 7.41. The predicted molar refractivity (Wildman–Crippen MR) is 114 cm³/mol. The standard InChI is InChI=1S/C23H26F6N4O2/c24-22(25,26)20(30-31-20)18-8-4-16(5-9-18)14-34-12-2-1-3-13-35-15-17-6-10-19(11-7-17)21(32-33-21)23(27,28)29/h4-11,30-33H,1-3,12-15H2. The van der Waals surface area contributed by atoms with Gasteiger partial charge in [-0.25, -0.2) is 21.7 Å². The number of ether oxygens (including phenoxy) is 2. The molecule has 2 aromatic carbocycles. The minimum atomic E-state index is -4.43. The Balaban J connectivity index is 1.06.